The number of carbonyl (C=O) groups excluding carboxylic acids is 1. The molecule has 1 nitrogen and oxygen atoms in total. The molecule has 0 spiro atoms. The molecule has 2 heteroatoms. The van der Waals surface area contributed by atoms with Crippen molar-refractivity contribution in [2.75, 3.05) is 0 Å². The zero-order valence-electron chi connectivity index (χ0n) is 6.18. The molecule has 0 N–H and O–H groups in total. The summed E-state index contributed by atoms with van der Waals surface area (Å²) in [5, 5.41) is 0. The molecule has 0 aromatic rings. The van der Waals surface area contributed by atoms with Gasteiger partial charge < -0.3 is 1.43 Å². The average Bonchev–Trinajstić information content (AvgIpc) is 1.69. The molecule has 1 rings (SSSR count). The maximum absolute atomic E-state index is 10.4. The van der Waals surface area contributed by atoms with Crippen molar-refractivity contribution in [1.29, 1.82) is 0 Å². The number of ketones is 1. The minimum Gasteiger partial charge on any atom is -1.00 e. The molecule has 0 heterocycles. The van der Waals surface area contributed by atoms with Crippen molar-refractivity contribution in [2.24, 2.45) is 0 Å². The van der Waals surface area contributed by atoms with Gasteiger partial charge in [-0.25, -0.2) is 0 Å². The van der Waals surface area contributed by atoms with Crippen LogP contribution in [-0.2, 0) is 4.79 Å². The molecule has 0 bridgehead atoms. The number of allylic oxidation sites excluding steroid dienone is 2. The molecule has 1 aliphatic carbocycles. The first kappa shape index (κ1) is 8.41. The molecule has 0 aliphatic heterocycles. The van der Waals surface area contributed by atoms with Crippen LogP contribution in [0.5, 0.6) is 0 Å². The molecule has 0 radical (unpaired) electrons. The van der Waals surface area contributed by atoms with Crippen LogP contribution in [0.1, 0.15) is 20.7 Å². The van der Waals surface area contributed by atoms with E-state index >= 15 is 0 Å². The Morgan fingerprint density at radius 3 is 2.62 bits per heavy atom. The Morgan fingerprint density at radius 2 is 2.38 bits per heavy atom. The quantitative estimate of drug-likeness (QED) is 0.352. The van der Waals surface area contributed by atoms with Gasteiger partial charge in [0.1, 0.15) is 0 Å². The van der Waals surface area contributed by atoms with Gasteiger partial charge in [0.2, 0.25) is 0 Å². The predicted octanol–water partition coefficient (Wildman–Crippen LogP) is -1.59. The number of hydrogen-bond acceptors (Lipinski definition) is 1. The van der Waals surface area contributed by atoms with Crippen molar-refractivity contribution in [3.05, 3.63) is 12.2 Å². The molecular formula is C6H9NaO. The smallest absolute Gasteiger partial charge is 1.00 e. The second-order valence-electron chi connectivity index (χ2n) is 1.76. The van der Waals surface area contributed by atoms with E-state index in [4.69, 9.17) is 0 Å². The molecule has 0 saturated heterocycles. The molecule has 40 valence electrons. The summed E-state index contributed by atoms with van der Waals surface area (Å²) in [6.45, 7) is 0. The van der Waals surface area contributed by atoms with Crippen molar-refractivity contribution < 1.29 is 35.8 Å². The number of hydrogen-bond donors (Lipinski definition) is 0. The molecule has 8 heavy (non-hydrogen) atoms. The summed E-state index contributed by atoms with van der Waals surface area (Å²) < 4.78 is 0. The van der Waals surface area contributed by atoms with Gasteiger partial charge in [0.25, 0.3) is 0 Å². The third kappa shape index (κ3) is 2.65. The Balaban J connectivity index is 0. The Hall–Kier alpha value is 0.410. The van der Waals surface area contributed by atoms with Crippen molar-refractivity contribution in [2.45, 2.75) is 19.3 Å². The van der Waals surface area contributed by atoms with Crippen LogP contribution in [0.2, 0.25) is 0 Å². The summed E-state index contributed by atoms with van der Waals surface area (Å²) in [5.74, 6) is 0.284. The molecule has 0 amide bonds. The van der Waals surface area contributed by atoms with Gasteiger partial charge in [-0.2, -0.15) is 0 Å². The van der Waals surface area contributed by atoms with Crippen LogP contribution in [0.15, 0.2) is 12.2 Å². The van der Waals surface area contributed by atoms with Crippen molar-refractivity contribution in [1.82, 2.24) is 0 Å². The molecule has 0 atom stereocenters. The fourth-order valence-electron chi connectivity index (χ4n) is 0.692. The second kappa shape index (κ2) is 4.30. The molecule has 0 aromatic carbocycles. The van der Waals surface area contributed by atoms with Crippen LogP contribution in [-0.4, -0.2) is 5.78 Å². The summed E-state index contributed by atoms with van der Waals surface area (Å²) in [4.78, 5) is 10.4. The zero-order chi connectivity index (χ0) is 5.11. The van der Waals surface area contributed by atoms with E-state index in [9.17, 15) is 4.79 Å². The summed E-state index contributed by atoms with van der Waals surface area (Å²) in [6.07, 6.45) is 6.51. The average molecular weight is 120 g/mol. The van der Waals surface area contributed by atoms with Crippen LogP contribution in [0.3, 0.4) is 0 Å². The molecular weight excluding hydrogens is 111 g/mol. The fraction of sp³-hybridized carbons (Fsp3) is 0.500. The van der Waals surface area contributed by atoms with E-state index in [-0.39, 0.29) is 36.8 Å². The van der Waals surface area contributed by atoms with Gasteiger partial charge in [0.05, 0.1) is 0 Å². The molecule has 0 saturated carbocycles. The monoisotopic (exact) mass is 120 g/mol. The van der Waals surface area contributed by atoms with Crippen LogP contribution >= 0.6 is 0 Å². The van der Waals surface area contributed by atoms with E-state index < -0.39 is 0 Å². The van der Waals surface area contributed by atoms with Crippen molar-refractivity contribution in [3.63, 3.8) is 0 Å². The topological polar surface area (TPSA) is 17.1 Å². The van der Waals surface area contributed by atoms with Gasteiger partial charge in [-0.15, -0.1) is 0 Å². The van der Waals surface area contributed by atoms with Gasteiger partial charge in [-0.05, 0) is 18.9 Å². The summed E-state index contributed by atoms with van der Waals surface area (Å²) in [5.41, 5.74) is 0. The van der Waals surface area contributed by atoms with Gasteiger partial charge in [-0.1, -0.05) is 6.08 Å². The minimum atomic E-state index is 0. The first-order valence-corrected chi connectivity index (χ1v) is 2.59. The van der Waals surface area contributed by atoms with Gasteiger partial charge >= 0.3 is 29.6 Å². The van der Waals surface area contributed by atoms with E-state index in [1.165, 1.54) is 0 Å². The van der Waals surface area contributed by atoms with Gasteiger partial charge in [0.15, 0.2) is 5.78 Å². The third-order valence-electron chi connectivity index (χ3n) is 1.10. The Labute approximate surface area is 72.9 Å². The van der Waals surface area contributed by atoms with E-state index in [1.54, 1.807) is 6.08 Å². The predicted molar refractivity (Wildman–Crippen MR) is 29.1 cm³/mol. The second-order valence-corrected chi connectivity index (χ2v) is 1.76. The van der Waals surface area contributed by atoms with Crippen molar-refractivity contribution >= 4 is 5.78 Å². The Kier molecular flexibility index (Phi) is 4.53. The summed E-state index contributed by atoms with van der Waals surface area (Å²) in [6, 6.07) is 0. The van der Waals surface area contributed by atoms with Crippen LogP contribution in [0.25, 0.3) is 0 Å². The SMILES string of the molecule is O=C1C=CCCC1.[H-].[Na+]. The maximum Gasteiger partial charge on any atom is 1.00 e. The van der Waals surface area contributed by atoms with E-state index in [0.717, 1.165) is 19.3 Å². The van der Waals surface area contributed by atoms with Gasteiger partial charge in [0, 0.05) is 6.42 Å². The molecule has 0 aromatic heterocycles. The summed E-state index contributed by atoms with van der Waals surface area (Å²) in [7, 11) is 0. The largest absolute Gasteiger partial charge is 1.00 e. The maximum atomic E-state index is 10.4. The third-order valence-corrected chi connectivity index (χ3v) is 1.10. The Bertz CT molecular complexity index is 112. The van der Waals surface area contributed by atoms with Crippen LogP contribution < -0.4 is 29.6 Å². The minimum absolute atomic E-state index is 0. The zero-order valence-corrected chi connectivity index (χ0v) is 7.18. The molecule has 0 unspecified atom stereocenters. The number of rotatable bonds is 0. The fourth-order valence-corrected chi connectivity index (χ4v) is 0.692. The van der Waals surface area contributed by atoms with Gasteiger partial charge in [-0.3, -0.25) is 4.79 Å². The normalized spacial score (nSPS) is 17.8. The van der Waals surface area contributed by atoms with E-state index in [1.807, 2.05) is 6.08 Å². The van der Waals surface area contributed by atoms with Crippen LogP contribution in [0, 0.1) is 0 Å². The standard InChI is InChI=1S/C6H8O.Na.H/c7-6-4-2-1-3-5-6;;/h2,4H,1,3,5H2;;/q;+1;-1. The van der Waals surface area contributed by atoms with Crippen LogP contribution in [0.4, 0.5) is 0 Å². The van der Waals surface area contributed by atoms with Crippen molar-refractivity contribution in [3.8, 4) is 0 Å². The molecule has 0 fully saturated rings. The van der Waals surface area contributed by atoms with E-state index in [2.05, 4.69) is 0 Å². The number of carbonyl (C=O) groups is 1. The van der Waals surface area contributed by atoms with E-state index in [0.29, 0.717) is 0 Å². The first-order chi connectivity index (χ1) is 3.39. The Morgan fingerprint density at radius 1 is 1.62 bits per heavy atom. The summed E-state index contributed by atoms with van der Waals surface area (Å²) >= 11 is 0. The first-order valence-electron chi connectivity index (χ1n) is 2.59. The molecule has 1 aliphatic rings.